The summed E-state index contributed by atoms with van der Waals surface area (Å²) in [6.45, 7) is 6.48. The summed E-state index contributed by atoms with van der Waals surface area (Å²) in [5, 5.41) is 0. The third kappa shape index (κ3) is 3.72. The summed E-state index contributed by atoms with van der Waals surface area (Å²) in [5.74, 6) is -0.130. The van der Waals surface area contributed by atoms with Crippen LogP contribution in [0.25, 0.3) is 0 Å². The van der Waals surface area contributed by atoms with Gasteiger partial charge in [0.1, 0.15) is 0 Å². The Morgan fingerprint density at radius 2 is 1.76 bits per heavy atom. The van der Waals surface area contributed by atoms with Crippen molar-refractivity contribution in [3.8, 4) is 0 Å². The molecule has 5 heteroatoms. The van der Waals surface area contributed by atoms with Crippen LogP contribution in [0.5, 0.6) is 0 Å². The fourth-order valence-electron chi connectivity index (χ4n) is 3.01. The third-order valence-corrected chi connectivity index (χ3v) is 6.39. The van der Waals surface area contributed by atoms with Crippen molar-refractivity contribution in [3.63, 3.8) is 0 Å². The van der Waals surface area contributed by atoms with Crippen molar-refractivity contribution >= 4 is 15.8 Å². The monoisotopic (exact) mass is 355 g/mol. The van der Waals surface area contributed by atoms with E-state index in [1.165, 1.54) is 4.31 Å². The molecule has 25 heavy (non-hydrogen) atoms. The van der Waals surface area contributed by atoms with Gasteiger partial charge in [0, 0.05) is 31.0 Å². The molecular weight excluding hydrogens is 334 g/mol. The highest BCUT2D eigenvalue weighted by molar-refractivity contribution is 7.89. The summed E-state index contributed by atoms with van der Waals surface area (Å²) in [7, 11) is -3.56. The summed E-state index contributed by atoms with van der Waals surface area (Å²) >= 11 is 0. The molecule has 0 aromatic heterocycles. The van der Waals surface area contributed by atoms with E-state index in [0.29, 0.717) is 12.1 Å². The molecule has 0 saturated carbocycles. The van der Waals surface area contributed by atoms with Crippen molar-refractivity contribution in [1.82, 2.24) is 4.31 Å². The molecule has 1 aliphatic heterocycles. The van der Waals surface area contributed by atoms with Crippen LogP contribution in [0.15, 0.2) is 71.6 Å². The molecule has 1 heterocycles. The maximum Gasteiger partial charge on any atom is 0.243 e. The van der Waals surface area contributed by atoms with E-state index in [1.807, 2.05) is 25.1 Å². The predicted molar refractivity (Wildman–Crippen MR) is 98.0 cm³/mol. The Morgan fingerprint density at radius 1 is 1.12 bits per heavy atom. The number of aryl methyl sites for hydroxylation is 1. The van der Waals surface area contributed by atoms with Crippen LogP contribution in [0.4, 0.5) is 0 Å². The molecule has 3 rings (SSSR count). The van der Waals surface area contributed by atoms with Gasteiger partial charge in [-0.1, -0.05) is 60.2 Å². The fourth-order valence-corrected chi connectivity index (χ4v) is 4.50. The van der Waals surface area contributed by atoms with E-state index in [-0.39, 0.29) is 29.6 Å². The summed E-state index contributed by atoms with van der Waals surface area (Å²) in [4.78, 5) is 12.7. The Hall–Kier alpha value is -2.24. The van der Waals surface area contributed by atoms with Gasteiger partial charge in [-0.15, -0.1) is 0 Å². The quantitative estimate of drug-likeness (QED) is 0.610. The van der Waals surface area contributed by atoms with Gasteiger partial charge in [0.05, 0.1) is 4.90 Å². The highest BCUT2D eigenvalue weighted by Crippen LogP contribution is 2.30. The number of ketones is 1. The van der Waals surface area contributed by atoms with E-state index < -0.39 is 10.0 Å². The number of rotatable bonds is 5. The first kappa shape index (κ1) is 17.6. The van der Waals surface area contributed by atoms with Crippen LogP contribution in [0.3, 0.4) is 0 Å². The molecule has 1 unspecified atom stereocenters. The normalized spacial score (nSPS) is 18.4. The first-order chi connectivity index (χ1) is 11.9. The van der Waals surface area contributed by atoms with Crippen molar-refractivity contribution in [2.24, 2.45) is 5.92 Å². The maximum absolute atomic E-state index is 12.8. The second kappa shape index (κ2) is 6.94. The van der Waals surface area contributed by atoms with Crippen molar-refractivity contribution in [3.05, 3.63) is 77.9 Å². The lowest BCUT2D eigenvalue weighted by molar-refractivity contribution is 0.0968. The lowest BCUT2D eigenvalue weighted by Gasteiger charge is -2.16. The first-order valence-corrected chi connectivity index (χ1v) is 9.64. The minimum absolute atomic E-state index is 0.0151. The molecule has 0 spiro atoms. The largest absolute Gasteiger partial charge is 0.294 e. The van der Waals surface area contributed by atoms with E-state index in [1.54, 1.807) is 36.4 Å². The second-order valence-corrected chi connectivity index (χ2v) is 8.40. The molecule has 0 radical (unpaired) electrons. The minimum atomic E-state index is -3.56. The van der Waals surface area contributed by atoms with Crippen LogP contribution in [0.2, 0.25) is 0 Å². The fraction of sp³-hybridized carbons (Fsp3) is 0.250. The van der Waals surface area contributed by atoms with Crippen molar-refractivity contribution < 1.29 is 13.2 Å². The number of benzene rings is 2. The molecule has 1 atom stereocenters. The number of sulfonamides is 1. The second-order valence-electron chi connectivity index (χ2n) is 6.46. The van der Waals surface area contributed by atoms with E-state index in [9.17, 15) is 13.2 Å². The zero-order valence-corrected chi connectivity index (χ0v) is 15.0. The van der Waals surface area contributed by atoms with Gasteiger partial charge in [-0.3, -0.25) is 4.79 Å². The zero-order valence-electron chi connectivity index (χ0n) is 14.2. The van der Waals surface area contributed by atoms with Gasteiger partial charge in [0.2, 0.25) is 10.0 Å². The summed E-state index contributed by atoms with van der Waals surface area (Å²) in [6.07, 6.45) is 0.281. The van der Waals surface area contributed by atoms with E-state index in [4.69, 9.17) is 0 Å². The molecule has 0 N–H and O–H groups in total. The minimum Gasteiger partial charge on any atom is -0.294 e. The SMILES string of the molecule is C=C1CN(S(=O)(=O)c2ccc(C)cc2)CC1CC(=O)c1ccccc1. The summed E-state index contributed by atoms with van der Waals surface area (Å²) in [5.41, 5.74) is 2.45. The standard InChI is InChI=1S/C20H21NO3S/c1-15-8-10-19(11-9-15)25(23,24)21-13-16(2)18(14-21)12-20(22)17-6-4-3-5-7-17/h3-11,18H,2,12-14H2,1H3. The molecule has 1 fully saturated rings. The summed E-state index contributed by atoms with van der Waals surface area (Å²) in [6, 6.07) is 15.9. The van der Waals surface area contributed by atoms with Crippen molar-refractivity contribution in [2.45, 2.75) is 18.2 Å². The van der Waals surface area contributed by atoms with Crippen LogP contribution in [-0.2, 0) is 10.0 Å². The average Bonchev–Trinajstić information content (AvgIpc) is 2.97. The molecule has 2 aromatic rings. The summed E-state index contributed by atoms with van der Waals surface area (Å²) < 4.78 is 27.0. The molecule has 4 nitrogen and oxygen atoms in total. The number of carbonyl (C=O) groups excluding carboxylic acids is 1. The predicted octanol–water partition coefficient (Wildman–Crippen LogP) is 3.44. The van der Waals surface area contributed by atoms with E-state index >= 15 is 0 Å². The van der Waals surface area contributed by atoms with Crippen LogP contribution in [0.1, 0.15) is 22.3 Å². The van der Waals surface area contributed by atoms with Crippen LogP contribution >= 0.6 is 0 Å². The van der Waals surface area contributed by atoms with E-state index in [0.717, 1.165) is 11.1 Å². The Labute approximate surface area is 148 Å². The highest BCUT2D eigenvalue weighted by atomic mass is 32.2. The first-order valence-electron chi connectivity index (χ1n) is 8.20. The van der Waals surface area contributed by atoms with Crippen LogP contribution in [-0.4, -0.2) is 31.6 Å². The number of hydrogen-bond donors (Lipinski definition) is 0. The Bertz CT molecular complexity index is 886. The Balaban J connectivity index is 1.74. The van der Waals surface area contributed by atoms with Gasteiger partial charge in [-0.2, -0.15) is 4.31 Å². The number of nitrogens with zero attached hydrogens (tertiary/aromatic N) is 1. The Kier molecular flexibility index (Phi) is 4.88. The van der Waals surface area contributed by atoms with Gasteiger partial charge in [0.15, 0.2) is 5.78 Å². The molecule has 1 aliphatic rings. The highest BCUT2D eigenvalue weighted by Gasteiger charge is 2.35. The number of Topliss-reactive ketones (excluding diaryl/α,β-unsaturated/α-hetero) is 1. The lowest BCUT2D eigenvalue weighted by Crippen LogP contribution is -2.29. The van der Waals surface area contributed by atoms with Gasteiger partial charge < -0.3 is 0 Å². The molecule has 0 amide bonds. The number of carbonyl (C=O) groups is 1. The molecule has 2 aromatic carbocycles. The van der Waals surface area contributed by atoms with Crippen LogP contribution < -0.4 is 0 Å². The zero-order chi connectivity index (χ0) is 18.0. The third-order valence-electron chi connectivity index (χ3n) is 4.57. The van der Waals surface area contributed by atoms with Gasteiger partial charge in [-0.25, -0.2) is 8.42 Å². The average molecular weight is 355 g/mol. The van der Waals surface area contributed by atoms with Gasteiger partial charge >= 0.3 is 0 Å². The lowest BCUT2D eigenvalue weighted by atomic mass is 9.95. The van der Waals surface area contributed by atoms with Gasteiger partial charge in [0.25, 0.3) is 0 Å². The number of hydrogen-bond acceptors (Lipinski definition) is 3. The smallest absolute Gasteiger partial charge is 0.243 e. The molecule has 1 saturated heterocycles. The van der Waals surface area contributed by atoms with Gasteiger partial charge in [-0.05, 0) is 19.1 Å². The van der Waals surface area contributed by atoms with E-state index in [2.05, 4.69) is 6.58 Å². The molecular formula is C20H21NO3S. The molecule has 0 bridgehead atoms. The van der Waals surface area contributed by atoms with Crippen LogP contribution in [0, 0.1) is 12.8 Å². The molecule has 0 aliphatic carbocycles. The van der Waals surface area contributed by atoms with Crippen molar-refractivity contribution in [1.29, 1.82) is 0 Å². The Morgan fingerprint density at radius 3 is 2.40 bits per heavy atom. The van der Waals surface area contributed by atoms with Crippen molar-refractivity contribution in [2.75, 3.05) is 13.1 Å². The topological polar surface area (TPSA) is 54.5 Å². The maximum atomic E-state index is 12.8. The molecule has 130 valence electrons.